The molecule has 2 atom stereocenters. The maximum absolute atomic E-state index is 12.8. The van der Waals surface area contributed by atoms with Gasteiger partial charge in [0.1, 0.15) is 11.1 Å². The molecule has 0 aliphatic rings. The Labute approximate surface area is 169 Å². The van der Waals surface area contributed by atoms with Gasteiger partial charge in [0.25, 0.3) is 5.91 Å². The summed E-state index contributed by atoms with van der Waals surface area (Å²) in [5.74, 6) is 0.0475. The zero-order valence-electron chi connectivity index (χ0n) is 16.3. The van der Waals surface area contributed by atoms with E-state index < -0.39 is 11.5 Å². The Morgan fingerprint density at radius 2 is 1.71 bits per heavy atom. The third-order valence-corrected chi connectivity index (χ3v) is 5.41. The first kappa shape index (κ1) is 20.2. The molecule has 1 aromatic heterocycles. The summed E-state index contributed by atoms with van der Waals surface area (Å²) in [4.78, 5) is 25.0. The topological polar surface area (TPSA) is 59.3 Å². The molecule has 5 heteroatoms. The minimum Gasteiger partial charge on any atom is -0.422 e. The molecule has 2 aromatic carbocycles. The van der Waals surface area contributed by atoms with Crippen LogP contribution < -0.4 is 10.9 Å². The van der Waals surface area contributed by atoms with Crippen molar-refractivity contribution in [3.63, 3.8) is 0 Å². The Hall–Kier alpha value is -2.59. The van der Waals surface area contributed by atoms with Crippen LogP contribution >= 0.6 is 11.6 Å². The van der Waals surface area contributed by atoms with Gasteiger partial charge in [0.2, 0.25) is 0 Å². The SMILES string of the molecule is CCC(C)c1ccc(C(CC)NC(=O)c2cc3cc(Cl)ccc3oc2=O)cc1. The quantitative estimate of drug-likeness (QED) is 0.531. The van der Waals surface area contributed by atoms with E-state index in [4.69, 9.17) is 16.0 Å². The monoisotopic (exact) mass is 397 g/mol. The van der Waals surface area contributed by atoms with Crippen LogP contribution in [0.4, 0.5) is 0 Å². The summed E-state index contributed by atoms with van der Waals surface area (Å²) >= 11 is 6.00. The Bertz CT molecular complexity index is 1040. The number of benzene rings is 2. The molecule has 4 nitrogen and oxygen atoms in total. The molecule has 2 unspecified atom stereocenters. The van der Waals surface area contributed by atoms with Gasteiger partial charge in [0.05, 0.1) is 6.04 Å². The molecule has 0 radical (unpaired) electrons. The molecule has 28 heavy (non-hydrogen) atoms. The predicted octanol–water partition coefficient (Wildman–Crippen LogP) is 5.84. The average molecular weight is 398 g/mol. The summed E-state index contributed by atoms with van der Waals surface area (Å²) in [5.41, 5.74) is 2.01. The summed E-state index contributed by atoms with van der Waals surface area (Å²) in [6, 6.07) is 14.6. The fourth-order valence-electron chi connectivity index (χ4n) is 3.20. The lowest BCUT2D eigenvalue weighted by molar-refractivity contribution is 0.0932. The van der Waals surface area contributed by atoms with E-state index in [0.29, 0.717) is 28.3 Å². The smallest absolute Gasteiger partial charge is 0.349 e. The first-order chi connectivity index (χ1) is 13.4. The van der Waals surface area contributed by atoms with Crippen molar-refractivity contribution in [1.29, 1.82) is 0 Å². The van der Waals surface area contributed by atoms with E-state index in [0.717, 1.165) is 12.0 Å². The fraction of sp³-hybridized carbons (Fsp3) is 0.304. The van der Waals surface area contributed by atoms with Gasteiger partial charge in [-0.3, -0.25) is 4.79 Å². The van der Waals surface area contributed by atoms with Crippen LogP contribution in [-0.2, 0) is 0 Å². The van der Waals surface area contributed by atoms with Crippen molar-refractivity contribution < 1.29 is 9.21 Å². The molecule has 3 rings (SSSR count). The van der Waals surface area contributed by atoms with E-state index in [-0.39, 0.29) is 11.6 Å². The normalized spacial score (nSPS) is 13.3. The lowest BCUT2D eigenvalue weighted by atomic mass is 9.95. The van der Waals surface area contributed by atoms with Crippen molar-refractivity contribution in [1.82, 2.24) is 5.32 Å². The highest BCUT2D eigenvalue weighted by Crippen LogP contribution is 2.23. The fourth-order valence-corrected chi connectivity index (χ4v) is 3.38. The maximum Gasteiger partial charge on any atom is 0.349 e. The van der Waals surface area contributed by atoms with E-state index >= 15 is 0 Å². The number of carbonyl (C=O) groups is 1. The van der Waals surface area contributed by atoms with E-state index in [1.165, 1.54) is 11.6 Å². The zero-order valence-corrected chi connectivity index (χ0v) is 17.0. The molecule has 0 fully saturated rings. The molecular weight excluding hydrogens is 374 g/mol. The average Bonchev–Trinajstić information content (AvgIpc) is 2.71. The lowest BCUT2D eigenvalue weighted by Crippen LogP contribution is -2.31. The molecule has 3 aromatic rings. The van der Waals surface area contributed by atoms with Crippen LogP contribution in [0.15, 0.2) is 57.7 Å². The van der Waals surface area contributed by atoms with Gasteiger partial charge in [-0.1, -0.05) is 56.6 Å². The highest BCUT2D eigenvalue weighted by Gasteiger charge is 2.18. The van der Waals surface area contributed by atoms with Gasteiger partial charge in [-0.05, 0) is 54.2 Å². The van der Waals surface area contributed by atoms with E-state index in [1.54, 1.807) is 18.2 Å². The van der Waals surface area contributed by atoms with Gasteiger partial charge in [-0.15, -0.1) is 0 Å². The number of carbonyl (C=O) groups excluding carboxylic acids is 1. The minimum atomic E-state index is -0.658. The van der Waals surface area contributed by atoms with Crippen molar-refractivity contribution in [2.45, 2.75) is 45.6 Å². The Morgan fingerprint density at radius 3 is 2.36 bits per heavy atom. The van der Waals surface area contributed by atoms with E-state index in [1.807, 2.05) is 19.1 Å². The molecule has 1 heterocycles. The number of hydrogen-bond donors (Lipinski definition) is 1. The zero-order chi connectivity index (χ0) is 20.3. The summed E-state index contributed by atoms with van der Waals surface area (Å²) in [6.45, 7) is 6.35. The third-order valence-electron chi connectivity index (χ3n) is 5.17. The van der Waals surface area contributed by atoms with Crippen molar-refractivity contribution in [3.8, 4) is 0 Å². The number of amides is 1. The third kappa shape index (κ3) is 4.28. The second kappa shape index (κ2) is 8.61. The Balaban J connectivity index is 1.85. The van der Waals surface area contributed by atoms with Crippen molar-refractivity contribution in [2.24, 2.45) is 0 Å². The number of rotatable bonds is 6. The standard InChI is InChI=1S/C23H24ClNO3/c1-4-14(3)15-6-8-16(9-7-15)20(5-2)25-22(26)19-13-17-12-18(24)10-11-21(17)28-23(19)27/h6-14,20H,4-5H2,1-3H3,(H,25,26). The van der Waals surface area contributed by atoms with Gasteiger partial charge in [0.15, 0.2) is 0 Å². The van der Waals surface area contributed by atoms with E-state index in [2.05, 4.69) is 31.3 Å². The van der Waals surface area contributed by atoms with Crippen LogP contribution in [-0.4, -0.2) is 5.91 Å². The second-order valence-electron chi connectivity index (χ2n) is 7.04. The van der Waals surface area contributed by atoms with Crippen LogP contribution in [0, 0.1) is 0 Å². The van der Waals surface area contributed by atoms with Crippen LogP contribution in [0.3, 0.4) is 0 Å². The summed E-state index contributed by atoms with van der Waals surface area (Å²) in [7, 11) is 0. The second-order valence-corrected chi connectivity index (χ2v) is 7.48. The van der Waals surface area contributed by atoms with Crippen LogP contribution in [0.5, 0.6) is 0 Å². The number of hydrogen-bond acceptors (Lipinski definition) is 3. The summed E-state index contributed by atoms with van der Waals surface area (Å²) < 4.78 is 5.27. The Kier molecular flexibility index (Phi) is 6.20. The molecule has 0 saturated carbocycles. The predicted molar refractivity (Wildman–Crippen MR) is 113 cm³/mol. The first-order valence-corrected chi connectivity index (χ1v) is 9.94. The van der Waals surface area contributed by atoms with Gasteiger partial charge in [-0.2, -0.15) is 0 Å². The number of halogens is 1. The molecule has 0 bridgehead atoms. The van der Waals surface area contributed by atoms with Crippen molar-refractivity contribution >= 4 is 28.5 Å². The van der Waals surface area contributed by atoms with Crippen LogP contribution in [0.2, 0.25) is 5.02 Å². The van der Waals surface area contributed by atoms with Crippen molar-refractivity contribution in [3.05, 3.63) is 80.7 Å². The van der Waals surface area contributed by atoms with Gasteiger partial charge in [0, 0.05) is 10.4 Å². The summed E-state index contributed by atoms with van der Waals surface area (Å²) in [5, 5.41) is 4.08. The molecule has 146 valence electrons. The summed E-state index contributed by atoms with van der Waals surface area (Å²) in [6.07, 6.45) is 1.79. The maximum atomic E-state index is 12.8. The number of nitrogens with one attached hydrogen (secondary N) is 1. The molecule has 0 spiro atoms. The highest BCUT2D eigenvalue weighted by molar-refractivity contribution is 6.31. The molecule has 1 amide bonds. The van der Waals surface area contributed by atoms with Crippen LogP contribution in [0.1, 0.15) is 67.1 Å². The van der Waals surface area contributed by atoms with Crippen LogP contribution in [0.25, 0.3) is 11.0 Å². The molecule has 1 N–H and O–H groups in total. The lowest BCUT2D eigenvalue weighted by Gasteiger charge is -2.18. The Morgan fingerprint density at radius 1 is 1.04 bits per heavy atom. The minimum absolute atomic E-state index is 0.0237. The molecule has 0 aliphatic heterocycles. The highest BCUT2D eigenvalue weighted by atomic mass is 35.5. The van der Waals surface area contributed by atoms with Gasteiger partial charge in [-0.25, -0.2) is 4.79 Å². The van der Waals surface area contributed by atoms with Gasteiger partial charge < -0.3 is 9.73 Å². The largest absolute Gasteiger partial charge is 0.422 e. The molecular formula is C23H24ClNO3. The molecule has 0 saturated heterocycles. The van der Waals surface area contributed by atoms with Gasteiger partial charge >= 0.3 is 5.63 Å². The first-order valence-electron chi connectivity index (χ1n) is 9.57. The number of fused-ring (bicyclic) bond motifs is 1. The molecule has 0 aliphatic carbocycles. The van der Waals surface area contributed by atoms with Crippen molar-refractivity contribution in [2.75, 3.05) is 0 Å². The van der Waals surface area contributed by atoms with E-state index in [9.17, 15) is 9.59 Å².